The fourth-order valence-electron chi connectivity index (χ4n) is 2.47. The molecule has 1 amide bonds. The highest BCUT2D eigenvalue weighted by Crippen LogP contribution is 2.13. The van der Waals surface area contributed by atoms with Crippen LogP contribution in [0.3, 0.4) is 0 Å². The van der Waals surface area contributed by atoms with E-state index in [-0.39, 0.29) is 0 Å². The number of carbonyl (C=O) groups is 1. The maximum atomic E-state index is 11.7. The Bertz CT molecular complexity index is 903. The van der Waals surface area contributed by atoms with E-state index in [9.17, 15) is 4.79 Å². The highest BCUT2D eigenvalue weighted by Gasteiger charge is 2.10. The van der Waals surface area contributed by atoms with E-state index >= 15 is 0 Å². The third-order valence-electron chi connectivity index (χ3n) is 3.65. The molecule has 1 heterocycles. The van der Waals surface area contributed by atoms with Crippen molar-refractivity contribution in [3.05, 3.63) is 88.2 Å². The number of nitrogens with two attached hydrogens (primary N) is 1. The summed E-state index contributed by atoms with van der Waals surface area (Å²) in [6.45, 7) is 0.557. The minimum atomic E-state index is -0.465. The van der Waals surface area contributed by atoms with Crippen molar-refractivity contribution in [2.45, 2.75) is 13.0 Å². The predicted molar refractivity (Wildman–Crippen MR) is 97.9 cm³/mol. The number of carbonyl (C=O) groups excluding carboxylic acids is 1. The molecule has 3 rings (SSSR count). The Kier molecular flexibility index (Phi) is 5.26. The molecule has 0 radical (unpaired) electrons. The lowest BCUT2D eigenvalue weighted by molar-refractivity contribution is -0.114. The molecule has 25 heavy (non-hydrogen) atoms. The molecular formula is C19H17ClN4O. The highest BCUT2D eigenvalue weighted by atomic mass is 35.5. The van der Waals surface area contributed by atoms with Crippen LogP contribution in [0.25, 0.3) is 6.08 Å². The van der Waals surface area contributed by atoms with Gasteiger partial charge in [0.1, 0.15) is 0 Å². The Hall–Kier alpha value is -2.92. The average molecular weight is 353 g/mol. The van der Waals surface area contributed by atoms with Crippen LogP contribution in [0.4, 0.5) is 0 Å². The lowest BCUT2D eigenvalue weighted by atomic mass is 10.1. The van der Waals surface area contributed by atoms with Crippen LogP contribution in [0, 0.1) is 0 Å². The van der Waals surface area contributed by atoms with E-state index < -0.39 is 5.91 Å². The van der Waals surface area contributed by atoms with Gasteiger partial charge < -0.3 is 5.73 Å². The number of halogens is 1. The molecule has 1 aromatic heterocycles. The summed E-state index contributed by atoms with van der Waals surface area (Å²) in [5, 5.41) is 8.92. The smallest absolute Gasteiger partial charge is 0.245 e. The molecule has 0 saturated heterocycles. The van der Waals surface area contributed by atoms with Crippen LogP contribution >= 0.6 is 11.6 Å². The van der Waals surface area contributed by atoms with Gasteiger partial charge in [-0.15, -0.1) is 5.10 Å². The van der Waals surface area contributed by atoms with Gasteiger partial charge in [0.15, 0.2) is 0 Å². The number of amides is 1. The standard InChI is InChI=1S/C19H17ClN4O/c20-17-8-4-7-15(10-17)12-24-13-18(22-23-24)11-16(19(21)25)9-14-5-2-1-3-6-14/h1-10,13H,11-12H2,(H2,21,25). The second-order valence-electron chi connectivity index (χ2n) is 5.66. The van der Waals surface area contributed by atoms with Gasteiger partial charge in [0.2, 0.25) is 5.91 Å². The zero-order chi connectivity index (χ0) is 17.6. The van der Waals surface area contributed by atoms with Crippen LogP contribution in [0.1, 0.15) is 16.8 Å². The highest BCUT2D eigenvalue weighted by molar-refractivity contribution is 6.30. The Balaban J connectivity index is 1.75. The van der Waals surface area contributed by atoms with E-state index in [2.05, 4.69) is 10.3 Å². The van der Waals surface area contributed by atoms with Crippen LogP contribution in [0.2, 0.25) is 5.02 Å². The van der Waals surface area contributed by atoms with Crippen LogP contribution in [0.5, 0.6) is 0 Å². The van der Waals surface area contributed by atoms with Gasteiger partial charge in [0, 0.05) is 23.2 Å². The maximum Gasteiger partial charge on any atom is 0.245 e. The number of nitrogens with zero attached hydrogens (tertiary/aromatic N) is 3. The van der Waals surface area contributed by atoms with Crippen LogP contribution < -0.4 is 5.73 Å². The first-order valence-corrected chi connectivity index (χ1v) is 8.17. The first-order valence-electron chi connectivity index (χ1n) is 7.79. The van der Waals surface area contributed by atoms with Gasteiger partial charge in [-0.05, 0) is 29.3 Å². The lowest BCUT2D eigenvalue weighted by Crippen LogP contribution is -2.15. The van der Waals surface area contributed by atoms with E-state index in [1.54, 1.807) is 10.8 Å². The largest absolute Gasteiger partial charge is 0.366 e. The molecule has 2 aromatic carbocycles. The summed E-state index contributed by atoms with van der Waals surface area (Å²) in [5.74, 6) is -0.465. The van der Waals surface area contributed by atoms with Crippen LogP contribution in [-0.4, -0.2) is 20.9 Å². The monoisotopic (exact) mass is 352 g/mol. The maximum absolute atomic E-state index is 11.7. The molecule has 0 bridgehead atoms. The Morgan fingerprint density at radius 3 is 2.68 bits per heavy atom. The van der Waals surface area contributed by atoms with Crippen molar-refractivity contribution in [1.29, 1.82) is 0 Å². The van der Waals surface area contributed by atoms with Crippen LogP contribution in [-0.2, 0) is 17.8 Å². The summed E-state index contributed by atoms with van der Waals surface area (Å²) in [7, 11) is 0. The third-order valence-corrected chi connectivity index (χ3v) is 3.88. The molecule has 6 heteroatoms. The van der Waals surface area contributed by atoms with Crippen molar-refractivity contribution in [3.8, 4) is 0 Å². The summed E-state index contributed by atoms with van der Waals surface area (Å²) in [5.41, 5.74) is 8.62. The fraction of sp³-hybridized carbons (Fsp3) is 0.105. The summed E-state index contributed by atoms with van der Waals surface area (Å²) in [6.07, 6.45) is 3.92. The van der Waals surface area contributed by atoms with Crippen molar-refractivity contribution >= 4 is 23.6 Å². The first-order chi connectivity index (χ1) is 12.1. The second kappa shape index (κ2) is 7.77. The molecule has 0 atom stereocenters. The molecule has 3 aromatic rings. The van der Waals surface area contributed by atoms with Crippen molar-refractivity contribution < 1.29 is 4.79 Å². The SMILES string of the molecule is NC(=O)C(=Cc1ccccc1)Cc1cn(Cc2cccc(Cl)c2)nn1. The van der Waals surface area contributed by atoms with Gasteiger partial charge in [0.25, 0.3) is 0 Å². The van der Waals surface area contributed by atoms with Gasteiger partial charge >= 0.3 is 0 Å². The van der Waals surface area contributed by atoms with Crippen molar-refractivity contribution in [2.24, 2.45) is 5.73 Å². The minimum absolute atomic E-state index is 0.333. The number of aromatic nitrogens is 3. The van der Waals surface area contributed by atoms with Crippen molar-refractivity contribution in [3.63, 3.8) is 0 Å². The minimum Gasteiger partial charge on any atom is -0.366 e. The lowest BCUT2D eigenvalue weighted by Gasteiger charge is -2.02. The summed E-state index contributed by atoms with van der Waals surface area (Å²) in [6, 6.07) is 17.1. The molecular weight excluding hydrogens is 336 g/mol. The summed E-state index contributed by atoms with van der Waals surface area (Å²) in [4.78, 5) is 11.7. The fourth-order valence-corrected chi connectivity index (χ4v) is 2.69. The summed E-state index contributed by atoms with van der Waals surface area (Å²) >= 11 is 5.99. The summed E-state index contributed by atoms with van der Waals surface area (Å²) < 4.78 is 1.71. The second-order valence-corrected chi connectivity index (χ2v) is 6.10. The quantitative estimate of drug-likeness (QED) is 0.693. The van der Waals surface area contributed by atoms with E-state index in [4.69, 9.17) is 17.3 Å². The number of hydrogen-bond acceptors (Lipinski definition) is 3. The Morgan fingerprint density at radius 1 is 1.16 bits per heavy atom. The molecule has 0 aliphatic heterocycles. The molecule has 0 spiro atoms. The molecule has 0 aliphatic carbocycles. The van der Waals surface area contributed by atoms with Crippen LogP contribution in [0.15, 0.2) is 66.4 Å². The molecule has 2 N–H and O–H groups in total. The van der Waals surface area contributed by atoms with Crippen molar-refractivity contribution in [2.75, 3.05) is 0 Å². The van der Waals surface area contributed by atoms with E-state index in [1.807, 2.05) is 60.8 Å². The molecule has 5 nitrogen and oxygen atoms in total. The van der Waals surface area contributed by atoms with Gasteiger partial charge in [-0.2, -0.15) is 0 Å². The van der Waals surface area contributed by atoms with Gasteiger partial charge in [-0.3, -0.25) is 4.79 Å². The zero-order valence-corrected chi connectivity index (χ0v) is 14.2. The molecule has 0 fully saturated rings. The zero-order valence-electron chi connectivity index (χ0n) is 13.5. The molecule has 126 valence electrons. The molecule has 0 saturated carbocycles. The van der Waals surface area contributed by atoms with Gasteiger partial charge in [-0.25, -0.2) is 4.68 Å². The van der Waals surface area contributed by atoms with E-state index in [0.717, 1.165) is 11.1 Å². The topological polar surface area (TPSA) is 73.8 Å². The normalized spacial score (nSPS) is 11.5. The first kappa shape index (κ1) is 16.9. The number of primary amides is 1. The van der Waals surface area contributed by atoms with Gasteiger partial charge in [-0.1, -0.05) is 59.3 Å². The van der Waals surface area contributed by atoms with E-state index in [0.29, 0.717) is 29.3 Å². The predicted octanol–water partition coefficient (Wildman–Crippen LogP) is 3.09. The third kappa shape index (κ3) is 4.78. The van der Waals surface area contributed by atoms with E-state index in [1.165, 1.54) is 0 Å². The van der Waals surface area contributed by atoms with Gasteiger partial charge in [0.05, 0.1) is 12.2 Å². The average Bonchev–Trinajstić information content (AvgIpc) is 3.02. The Morgan fingerprint density at radius 2 is 1.96 bits per heavy atom. The number of benzene rings is 2. The number of hydrogen-bond donors (Lipinski definition) is 1. The Labute approximate surface area is 150 Å². The molecule has 0 aliphatic rings. The molecule has 0 unspecified atom stereocenters. The van der Waals surface area contributed by atoms with Crippen molar-refractivity contribution in [1.82, 2.24) is 15.0 Å². The number of rotatable bonds is 6.